The standard InChI is InChI=1S/C13H19NOS/c1-16-10-4-5-11(12(15)8-10)13(9-14)6-2-3-7-13/h4-5,8,15H,2-3,6-7,9,14H2,1H3. The molecule has 0 amide bonds. The minimum absolute atomic E-state index is 0.0288. The van der Waals surface area contributed by atoms with Gasteiger partial charge < -0.3 is 10.8 Å². The van der Waals surface area contributed by atoms with Crippen molar-refractivity contribution in [3.8, 4) is 5.75 Å². The third-order valence-corrected chi connectivity index (χ3v) is 4.45. The Hall–Kier alpha value is -0.670. The highest BCUT2D eigenvalue weighted by Gasteiger charge is 2.36. The molecule has 2 rings (SSSR count). The van der Waals surface area contributed by atoms with Crippen LogP contribution >= 0.6 is 11.8 Å². The van der Waals surface area contributed by atoms with E-state index in [1.807, 2.05) is 12.3 Å². The Morgan fingerprint density at radius 2 is 2.06 bits per heavy atom. The van der Waals surface area contributed by atoms with Gasteiger partial charge in [0.15, 0.2) is 0 Å². The summed E-state index contributed by atoms with van der Waals surface area (Å²) < 4.78 is 0. The quantitative estimate of drug-likeness (QED) is 0.795. The van der Waals surface area contributed by atoms with Gasteiger partial charge in [-0.2, -0.15) is 0 Å². The van der Waals surface area contributed by atoms with Crippen molar-refractivity contribution < 1.29 is 5.11 Å². The Kier molecular flexibility index (Phi) is 3.45. The highest BCUT2D eigenvalue weighted by Crippen LogP contribution is 2.44. The van der Waals surface area contributed by atoms with Crippen LogP contribution in [0.2, 0.25) is 0 Å². The predicted octanol–water partition coefficient (Wildman–Crippen LogP) is 2.88. The fraction of sp³-hybridized carbons (Fsp3) is 0.538. The first kappa shape index (κ1) is 11.8. The second kappa shape index (κ2) is 4.68. The zero-order chi connectivity index (χ0) is 11.6. The topological polar surface area (TPSA) is 46.2 Å². The molecule has 16 heavy (non-hydrogen) atoms. The molecule has 0 spiro atoms. The van der Waals surface area contributed by atoms with Gasteiger partial charge in [0, 0.05) is 22.4 Å². The van der Waals surface area contributed by atoms with E-state index in [2.05, 4.69) is 12.1 Å². The lowest BCUT2D eigenvalue weighted by atomic mass is 9.78. The highest BCUT2D eigenvalue weighted by atomic mass is 32.2. The maximum atomic E-state index is 10.1. The van der Waals surface area contributed by atoms with Gasteiger partial charge in [0.1, 0.15) is 5.75 Å². The van der Waals surface area contributed by atoms with Crippen LogP contribution in [0.5, 0.6) is 5.75 Å². The largest absolute Gasteiger partial charge is 0.508 e. The Labute approximate surface area is 101 Å². The number of hydrogen-bond donors (Lipinski definition) is 2. The van der Waals surface area contributed by atoms with E-state index in [0.29, 0.717) is 12.3 Å². The molecule has 0 radical (unpaired) electrons. The van der Waals surface area contributed by atoms with Crippen molar-refractivity contribution in [1.82, 2.24) is 0 Å². The Bertz CT molecular complexity index is 372. The second-order valence-electron chi connectivity index (χ2n) is 4.57. The van der Waals surface area contributed by atoms with Crippen LogP contribution in [0.15, 0.2) is 23.1 Å². The molecule has 88 valence electrons. The fourth-order valence-electron chi connectivity index (χ4n) is 2.72. The summed E-state index contributed by atoms with van der Waals surface area (Å²) in [6, 6.07) is 5.99. The SMILES string of the molecule is CSc1ccc(C2(CN)CCCC2)c(O)c1. The Morgan fingerprint density at radius 3 is 2.56 bits per heavy atom. The van der Waals surface area contributed by atoms with Gasteiger partial charge in [0.05, 0.1) is 0 Å². The van der Waals surface area contributed by atoms with Crippen LogP contribution in [0.3, 0.4) is 0 Å². The Morgan fingerprint density at radius 1 is 1.38 bits per heavy atom. The molecule has 0 aliphatic heterocycles. The summed E-state index contributed by atoms with van der Waals surface area (Å²) in [4.78, 5) is 1.10. The molecule has 0 atom stereocenters. The average Bonchev–Trinajstić information content (AvgIpc) is 2.78. The lowest BCUT2D eigenvalue weighted by Gasteiger charge is -2.28. The molecular weight excluding hydrogens is 218 g/mol. The molecule has 1 aliphatic carbocycles. The van der Waals surface area contributed by atoms with Gasteiger partial charge >= 0.3 is 0 Å². The van der Waals surface area contributed by atoms with Crippen molar-refractivity contribution in [2.45, 2.75) is 36.0 Å². The molecule has 1 aromatic carbocycles. The van der Waals surface area contributed by atoms with Gasteiger partial charge in [-0.3, -0.25) is 0 Å². The van der Waals surface area contributed by atoms with Gasteiger partial charge in [-0.05, 0) is 31.2 Å². The molecule has 0 aromatic heterocycles. The molecule has 1 saturated carbocycles. The van der Waals surface area contributed by atoms with Gasteiger partial charge in [-0.25, -0.2) is 0 Å². The van der Waals surface area contributed by atoms with Crippen molar-refractivity contribution in [2.24, 2.45) is 5.73 Å². The van der Waals surface area contributed by atoms with Crippen LogP contribution in [-0.4, -0.2) is 17.9 Å². The van der Waals surface area contributed by atoms with E-state index in [-0.39, 0.29) is 5.41 Å². The van der Waals surface area contributed by atoms with Crippen LogP contribution in [0.4, 0.5) is 0 Å². The Balaban J connectivity index is 2.38. The van der Waals surface area contributed by atoms with Gasteiger partial charge in [0.25, 0.3) is 0 Å². The summed E-state index contributed by atoms with van der Waals surface area (Å²) in [5.41, 5.74) is 7.00. The van der Waals surface area contributed by atoms with E-state index in [9.17, 15) is 5.11 Å². The number of thioether (sulfide) groups is 1. The van der Waals surface area contributed by atoms with Crippen molar-refractivity contribution >= 4 is 11.8 Å². The molecular formula is C13H19NOS. The molecule has 1 fully saturated rings. The second-order valence-corrected chi connectivity index (χ2v) is 5.45. The molecule has 0 saturated heterocycles. The van der Waals surface area contributed by atoms with Crippen molar-refractivity contribution in [1.29, 1.82) is 0 Å². The summed E-state index contributed by atoms with van der Waals surface area (Å²) in [6.45, 7) is 0.638. The number of aromatic hydroxyl groups is 1. The van der Waals surface area contributed by atoms with E-state index in [4.69, 9.17) is 5.73 Å². The maximum absolute atomic E-state index is 10.1. The van der Waals surface area contributed by atoms with Gasteiger partial charge in [-0.15, -0.1) is 11.8 Å². The first-order valence-electron chi connectivity index (χ1n) is 5.79. The zero-order valence-electron chi connectivity index (χ0n) is 9.70. The number of hydrogen-bond acceptors (Lipinski definition) is 3. The van der Waals surface area contributed by atoms with E-state index in [1.54, 1.807) is 11.8 Å². The molecule has 1 aliphatic rings. The van der Waals surface area contributed by atoms with E-state index < -0.39 is 0 Å². The van der Waals surface area contributed by atoms with Crippen LogP contribution in [0, 0.1) is 0 Å². The lowest BCUT2D eigenvalue weighted by Crippen LogP contribution is -2.32. The van der Waals surface area contributed by atoms with Crippen LogP contribution < -0.4 is 5.73 Å². The number of phenols is 1. The molecule has 0 heterocycles. The number of benzene rings is 1. The predicted molar refractivity (Wildman–Crippen MR) is 69.1 cm³/mol. The number of phenolic OH excluding ortho intramolecular Hbond substituents is 1. The monoisotopic (exact) mass is 237 g/mol. The summed E-state index contributed by atoms with van der Waals surface area (Å²) in [5.74, 6) is 0.416. The average molecular weight is 237 g/mol. The fourth-order valence-corrected chi connectivity index (χ4v) is 3.16. The van der Waals surface area contributed by atoms with Crippen LogP contribution in [-0.2, 0) is 5.41 Å². The lowest BCUT2D eigenvalue weighted by molar-refractivity contribution is 0.404. The van der Waals surface area contributed by atoms with Crippen LogP contribution in [0.1, 0.15) is 31.2 Å². The molecule has 3 heteroatoms. The molecule has 1 aromatic rings. The van der Waals surface area contributed by atoms with E-state index in [1.165, 1.54) is 12.8 Å². The molecule has 0 unspecified atom stereocenters. The van der Waals surface area contributed by atoms with Crippen LogP contribution in [0.25, 0.3) is 0 Å². The first-order valence-corrected chi connectivity index (χ1v) is 7.02. The highest BCUT2D eigenvalue weighted by molar-refractivity contribution is 7.98. The van der Waals surface area contributed by atoms with Gasteiger partial charge in [-0.1, -0.05) is 18.9 Å². The maximum Gasteiger partial charge on any atom is 0.120 e. The zero-order valence-corrected chi connectivity index (χ0v) is 10.5. The summed E-state index contributed by atoms with van der Waals surface area (Å²) >= 11 is 1.65. The summed E-state index contributed by atoms with van der Waals surface area (Å²) in [7, 11) is 0. The van der Waals surface area contributed by atoms with Crippen molar-refractivity contribution in [3.05, 3.63) is 23.8 Å². The van der Waals surface area contributed by atoms with E-state index >= 15 is 0 Å². The number of rotatable bonds is 3. The van der Waals surface area contributed by atoms with Crippen molar-refractivity contribution in [3.63, 3.8) is 0 Å². The normalized spacial score (nSPS) is 18.9. The number of nitrogens with two attached hydrogens (primary N) is 1. The minimum atomic E-state index is 0.0288. The minimum Gasteiger partial charge on any atom is -0.508 e. The molecule has 0 bridgehead atoms. The molecule has 3 N–H and O–H groups in total. The first-order chi connectivity index (χ1) is 7.72. The van der Waals surface area contributed by atoms with E-state index in [0.717, 1.165) is 23.3 Å². The van der Waals surface area contributed by atoms with Crippen molar-refractivity contribution in [2.75, 3.05) is 12.8 Å². The smallest absolute Gasteiger partial charge is 0.120 e. The summed E-state index contributed by atoms with van der Waals surface area (Å²) in [5, 5.41) is 10.1. The van der Waals surface area contributed by atoms with Gasteiger partial charge in [0.2, 0.25) is 0 Å². The third kappa shape index (κ3) is 1.94. The molecule has 2 nitrogen and oxygen atoms in total. The third-order valence-electron chi connectivity index (χ3n) is 3.73. The summed E-state index contributed by atoms with van der Waals surface area (Å²) in [6.07, 6.45) is 6.68.